The molecule has 2 rings (SSSR count). The summed E-state index contributed by atoms with van der Waals surface area (Å²) in [5.41, 5.74) is -1.39. The highest BCUT2D eigenvalue weighted by Gasteiger charge is 2.50. The standard InChI is InChI=1S/C38H64N6O7S/c1-12-15-19-27(30(45)33(47)39-22-13-2)40-32(46)28-23-26(37(7,8)14-3)24-44(28)34(48)31(38(9)20-17-16-18-21-38)42-35(49)41-29(36(4,5)6)25-43(10)52(11,50)51/h1,13,26-29,31H,2,14-25H2,3-11H3,(H,39,47)(H,40,46)(H2,41,42,49)/t26-,27?,28+,29-,31-/m1/s1. The van der Waals surface area contributed by atoms with Crippen molar-refractivity contribution in [3.05, 3.63) is 12.7 Å². The second-order valence-electron chi connectivity index (χ2n) is 16.7. The quantitative estimate of drug-likeness (QED) is 0.100. The van der Waals surface area contributed by atoms with E-state index in [-0.39, 0.29) is 43.8 Å². The van der Waals surface area contributed by atoms with Gasteiger partial charge < -0.3 is 26.2 Å². The molecule has 2 aliphatic rings. The van der Waals surface area contributed by atoms with E-state index in [1.54, 1.807) is 4.90 Å². The fourth-order valence-electron chi connectivity index (χ4n) is 6.97. The maximum atomic E-state index is 14.9. The molecule has 5 amide bonds. The first-order valence-corrected chi connectivity index (χ1v) is 20.3. The number of Topliss-reactive ketones (excluding diaryl/α,β-unsaturated/α-hetero) is 1. The number of hydrogen-bond acceptors (Lipinski definition) is 7. The van der Waals surface area contributed by atoms with E-state index in [1.165, 1.54) is 17.4 Å². The number of amides is 5. The fourth-order valence-corrected chi connectivity index (χ4v) is 7.38. The van der Waals surface area contributed by atoms with Crippen LogP contribution in [-0.4, -0.2) is 104 Å². The Morgan fingerprint density at radius 3 is 2.19 bits per heavy atom. The van der Waals surface area contributed by atoms with Crippen LogP contribution in [0.15, 0.2) is 12.7 Å². The second kappa shape index (κ2) is 18.5. The molecule has 1 unspecified atom stereocenters. The number of hydrogen-bond donors (Lipinski definition) is 4. The summed E-state index contributed by atoms with van der Waals surface area (Å²) < 4.78 is 25.7. The van der Waals surface area contributed by atoms with Crippen LogP contribution in [0.1, 0.15) is 106 Å². The number of nitrogens with zero attached hydrogens (tertiary/aromatic N) is 2. The van der Waals surface area contributed by atoms with Crippen LogP contribution in [-0.2, 0) is 29.2 Å². The van der Waals surface area contributed by atoms with Gasteiger partial charge in [0.2, 0.25) is 27.6 Å². The molecular weight excluding hydrogens is 685 g/mol. The minimum atomic E-state index is -3.53. The lowest BCUT2D eigenvalue weighted by Crippen LogP contribution is -2.63. The highest BCUT2D eigenvalue weighted by Crippen LogP contribution is 2.43. The number of terminal acetylenes is 1. The summed E-state index contributed by atoms with van der Waals surface area (Å²) in [5.74, 6) is -0.289. The number of rotatable bonds is 17. The molecule has 1 heterocycles. The summed E-state index contributed by atoms with van der Waals surface area (Å²) in [7, 11) is -2.07. The van der Waals surface area contributed by atoms with Gasteiger partial charge in [0.1, 0.15) is 12.1 Å². The number of carbonyl (C=O) groups excluding carboxylic acids is 5. The van der Waals surface area contributed by atoms with E-state index < -0.39 is 74.6 Å². The van der Waals surface area contributed by atoms with Crippen LogP contribution in [0.5, 0.6) is 0 Å². The molecule has 1 aliphatic heterocycles. The molecule has 1 saturated heterocycles. The molecule has 52 heavy (non-hydrogen) atoms. The molecule has 0 radical (unpaired) electrons. The van der Waals surface area contributed by atoms with Crippen molar-refractivity contribution < 1.29 is 32.4 Å². The Balaban J connectivity index is 2.52. The maximum absolute atomic E-state index is 14.9. The predicted octanol–water partition coefficient (Wildman–Crippen LogP) is 3.35. The minimum Gasteiger partial charge on any atom is -0.346 e. The van der Waals surface area contributed by atoms with E-state index >= 15 is 0 Å². The van der Waals surface area contributed by atoms with Gasteiger partial charge in [-0.2, -0.15) is 0 Å². The molecule has 5 atom stereocenters. The zero-order chi connectivity index (χ0) is 39.7. The molecule has 0 aromatic heterocycles. The average molecular weight is 749 g/mol. The second-order valence-corrected chi connectivity index (χ2v) is 18.8. The highest BCUT2D eigenvalue weighted by atomic mass is 32.2. The Morgan fingerprint density at radius 2 is 1.67 bits per heavy atom. The Labute approximate surface area is 312 Å². The Kier molecular flexibility index (Phi) is 15.9. The monoisotopic (exact) mass is 748 g/mol. The van der Waals surface area contributed by atoms with Crippen molar-refractivity contribution in [1.82, 2.24) is 30.5 Å². The predicted molar refractivity (Wildman–Crippen MR) is 203 cm³/mol. The van der Waals surface area contributed by atoms with E-state index in [9.17, 15) is 32.4 Å². The van der Waals surface area contributed by atoms with Gasteiger partial charge in [0.05, 0.1) is 12.3 Å². The summed E-state index contributed by atoms with van der Waals surface area (Å²) in [6, 6.07) is -4.36. The molecule has 0 aromatic rings. The van der Waals surface area contributed by atoms with E-state index in [1.807, 2.05) is 27.7 Å². The van der Waals surface area contributed by atoms with Gasteiger partial charge in [-0.1, -0.05) is 80.2 Å². The molecule has 13 nitrogen and oxygen atoms in total. The number of sulfonamides is 1. The molecule has 294 valence electrons. The number of urea groups is 1. The SMILES string of the molecule is C#CCCC(NC(=O)[C@@H]1C[C@@H](C(C)(C)CC)CN1C(=O)[C@@H](NC(=O)N[C@H](CN(C)S(C)(=O)=O)C(C)(C)C)C1(C)CCCCC1)C(=O)C(=O)NCC=C. The van der Waals surface area contributed by atoms with Crippen molar-refractivity contribution >= 4 is 39.6 Å². The summed E-state index contributed by atoms with van der Waals surface area (Å²) in [4.78, 5) is 70.2. The molecule has 14 heteroatoms. The lowest BCUT2D eigenvalue weighted by Gasteiger charge is -2.43. The lowest BCUT2D eigenvalue weighted by atomic mass is 9.70. The highest BCUT2D eigenvalue weighted by molar-refractivity contribution is 7.88. The van der Waals surface area contributed by atoms with Crippen molar-refractivity contribution in [2.24, 2.45) is 22.2 Å². The van der Waals surface area contributed by atoms with Crippen molar-refractivity contribution in [1.29, 1.82) is 0 Å². The van der Waals surface area contributed by atoms with Crippen LogP contribution in [0, 0.1) is 34.5 Å². The van der Waals surface area contributed by atoms with Crippen molar-refractivity contribution in [3.63, 3.8) is 0 Å². The normalized spacial score (nSPS) is 20.9. The first-order valence-electron chi connectivity index (χ1n) is 18.5. The van der Waals surface area contributed by atoms with Crippen LogP contribution < -0.4 is 21.3 Å². The Morgan fingerprint density at radius 1 is 1.06 bits per heavy atom. The third-order valence-corrected chi connectivity index (χ3v) is 12.6. The molecule has 1 saturated carbocycles. The number of ketones is 1. The first kappa shape index (κ1) is 44.7. The maximum Gasteiger partial charge on any atom is 0.315 e. The summed E-state index contributed by atoms with van der Waals surface area (Å²) >= 11 is 0. The molecule has 0 bridgehead atoms. The van der Waals surface area contributed by atoms with Crippen LogP contribution >= 0.6 is 0 Å². The number of likely N-dealkylation sites (tertiary alicyclic amines) is 1. The third kappa shape index (κ3) is 12.0. The first-order chi connectivity index (χ1) is 24.0. The van der Waals surface area contributed by atoms with Crippen LogP contribution in [0.3, 0.4) is 0 Å². The number of carbonyl (C=O) groups is 5. The van der Waals surface area contributed by atoms with E-state index in [0.29, 0.717) is 19.3 Å². The third-order valence-electron chi connectivity index (χ3n) is 11.3. The molecule has 1 aliphatic carbocycles. The largest absolute Gasteiger partial charge is 0.346 e. The molecule has 0 aromatic carbocycles. The van der Waals surface area contributed by atoms with Crippen LogP contribution in [0.25, 0.3) is 0 Å². The van der Waals surface area contributed by atoms with Crippen LogP contribution in [0.4, 0.5) is 4.79 Å². The summed E-state index contributed by atoms with van der Waals surface area (Å²) in [6.45, 7) is 17.8. The van der Waals surface area contributed by atoms with E-state index in [2.05, 4.69) is 54.5 Å². The van der Waals surface area contributed by atoms with Gasteiger partial charge in [-0.15, -0.1) is 18.9 Å². The van der Waals surface area contributed by atoms with Gasteiger partial charge in [0.15, 0.2) is 0 Å². The number of nitrogens with one attached hydrogen (secondary N) is 4. The van der Waals surface area contributed by atoms with Crippen molar-refractivity contribution in [3.8, 4) is 12.3 Å². The van der Waals surface area contributed by atoms with Crippen LogP contribution in [0.2, 0.25) is 0 Å². The topological polar surface area (TPSA) is 174 Å². The molecule has 2 fully saturated rings. The molecule has 4 N–H and O–H groups in total. The summed E-state index contributed by atoms with van der Waals surface area (Å²) in [6.07, 6.45) is 13.4. The van der Waals surface area contributed by atoms with Gasteiger partial charge in [0.25, 0.3) is 5.91 Å². The zero-order valence-electron chi connectivity index (χ0n) is 32.9. The number of likely N-dealkylation sites (N-methyl/N-ethyl adjacent to an activating group) is 1. The molecule has 0 spiro atoms. The van der Waals surface area contributed by atoms with Gasteiger partial charge >= 0.3 is 6.03 Å². The van der Waals surface area contributed by atoms with E-state index in [4.69, 9.17) is 6.42 Å². The van der Waals surface area contributed by atoms with Gasteiger partial charge in [-0.25, -0.2) is 17.5 Å². The Hall–Kier alpha value is -3.44. The van der Waals surface area contributed by atoms with Gasteiger partial charge in [-0.3, -0.25) is 19.2 Å². The zero-order valence-corrected chi connectivity index (χ0v) is 33.7. The average Bonchev–Trinajstić information content (AvgIpc) is 3.53. The Bertz CT molecular complexity index is 1460. The lowest BCUT2D eigenvalue weighted by molar-refractivity contribution is -0.144. The fraction of sp³-hybridized carbons (Fsp3) is 0.763. The van der Waals surface area contributed by atoms with Crippen molar-refractivity contribution in [2.75, 3.05) is 32.9 Å². The smallest absolute Gasteiger partial charge is 0.315 e. The molecular formula is C38H64N6O7S. The minimum absolute atomic E-state index is 0.0267. The van der Waals surface area contributed by atoms with Crippen molar-refractivity contribution in [2.45, 2.75) is 130 Å². The van der Waals surface area contributed by atoms with E-state index in [0.717, 1.165) is 31.9 Å². The van der Waals surface area contributed by atoms with Gasteiger partial charge in [-0.05, 0) is 47.8 Å². The van der Waals surface area contributed by atoms with Gasteiger partial charge in [0, 0.05) is 39.1 Å². The summed E-state index contributed by atoms with van der Waals surface area (Å²) in [5, 5.41) is 11.1.